The molecule has 0 aliphatic rings. The molecule has 9 heteroatoms. The zero-order valence-corrected chi connectivity index (χ0v) is 48.0. The molecular weight excluding hydrogens is 911 g/mol. The first kappa shape index (κ1) is 69.7. The van der Waals surface area contributed by atoms with Crippen LogP contribution in [0.1, 0.15) is 258 Å². The predicted octanol–water partition coefficient (Wildman–Crippen LogP) is 16.5. The number of carbonyl (C=O) groups is 3. The van der Waals surface area contributed by atoms with E-state index >= 15 is 0 Å². The number of esters is 2. The van der Waals surface area contributed by atoms with Crippen molar-refractivity contribution in [1.29, 1.82) is 0 Å². The number of nitrogens with zero attached hydrogens (tertiary/aromatic N) is 1. The highest BCUT2D eigenvalue weighted by Crippen LogP contribution is 2.16. The van der Waals surface area contributed by atoms with Crippen LogP contribution in [0.3, 0.4) is 0 Å². The summed E-state index contributed by atoms with van der Waals surface area (Å²) in [5, 5.41) is 11.8. The van der Waals surface area contributed by atoms with Gasteiger partial charge in [-0.05, 0) is 83.5 Å². The number of allylic oxidation sites excluding steroid dienone is 12. The van der Waals surface area contributed by atoms with Gasteiger partial charge in [-0.25, -0.2) is 0 Å². The van der Waals surface area contributed by atoms with Gasteiger partial charge < -0.3 is 33.3 Å². The summed E-state index contributed by atoms with van der Waals surface area (Å²) < 4.78 is 22.7. The van der Waals surface area contributed by atoms with Crippen molar-refractivity contribution in [3.05, 3.63) is 72.9 Å². The third-order valence-electron chi connectivity index (χ3n) is 12.9. The number of hydrogen-bond donors (Lipinski definition) is 0. The Morgan fingerprint density at radius 2 is 0.781 bits per heavy atom. The molecule has 0 rings (SSSR count). The number of ether oxygens (including phenoxy) is 4. The maximum atomic E-state index is 12.9. The molecule has 0 radical (unpaired) electrons. The van der Waals surface area contributed by atoms with Gasteiger partial charge in [0.2, 0.25) is 0 Å². The minimum atomic E-state index is -1.62. The number of likely N-dealkylation sites (N-methyl/N-ethyl adjacent to an activating group) is 1. The Kier molecular flexibility index (Phi) is 52.5. The van der Waals surface area contributed by atoms with Gasteiger partial charge in [0.25, 0.3) is 0 Å². The lowest BCUT2D eigenvalue weighted by molar-refractivity contribution is -0.870. The second kappa shape index (κ2) is 55.0. The standard InChI is InChI=1S/C64H113NO8/c1-6-8-10-12-14-16-18-20-22-24-26-28-29-30-31-32-33-35-37-39-41-43-45-47-49-51-53-55-62(67)73-60(59-72-64(63(68)69)70-57-56-65(3,4)5)58-71-61(66)54-52-50-48-46-44-42-40-38-36-34-27-25-23-21-19-17-15-13-11-9-7-2/h8,10,14,16,20,22,25-28,30-31,60,64H,6-7,9,11-13,15,17-19,21,23-24,29,32-59H2,1-5H3/b10-8-,16-14-,22-20-,27-25-,28-26-,31-30-. The average Bonchev–Trinajstić information content (AvgIpc) is 3.36. The number of rotatable bonds is 55. The summed E-state index contributed by atoms with van der Waals surface area (Å²) in [7, 11) is 5.92. The zero-order chi connectivity index (χ0) is 53.4. The van der Waals surface area contributed by atoms with E-state index in [0.717, 1.165) is 77.0 Å². The lowest BCUT2D eigenvalue weighted by atomic mass is 10.0. The van der Waals surface area contributed by atoms with Crippen LogP contribution in [-0.4, -0.2) is 82.3 Å². The molecule has 0 aromatic rings. The Bertz CT molecular complexity index is 1420. The van der Waals surface area contributed by atoms with E-state index < -0.39 is 24.3 Å². The molecule has 0 aromatic carbocycles. The molecule has 0 aromatic heterocycles. The van der Waals surface area contributed by atoms with Gasteiger partial charge in [-0.3, -0.25) is 9.59 Å². The van der Waals surface area contributed by atoms with E-state index in [1.807, 2.05) is 21.1 Å². The number of carboxylic acid groups (broad SMARTS) is 1. The van der Waals surface area contributed by atoms with Crippen molar-refractivity contribution in [2.24, 2.45) is 0 Å². The third kappa shape index (κ3) is 56.3. The molecule has 0 saturated heterocycles. The molecule has 0 aliphatic heterocycles. The highest BCUT2D eigenvalue weighted by Gasteiger charge is 2.22. The second-order valence-electron chi connectivity index (χ2n) is 21.3. The molecule has 0 N–H and O–H groups in total. The van der Waals surface area contributed by atoms with Crippen molar-refractivity contribution in [3.8, 4) is 0 Å². The van der Waals surface area contributed by atoms with Crippen LogP contribution in [0, 0.1) is 0 Å². The van der Waals surface area contributed by atoms with Gasteiger partial charge in [0.15, 0.2) is 12.4 Å². The fraction of sp³-hybridized carbons (Fsp3) is 0.766. The number of unbranched alkanes of at least 4 members (excludes halogenated alkanes) is 28. The number of aliphatic carboxylic acids is 1. The Hall–Kier alpha value is -3.27. The first-order valence-corrected chi connectivity index (χ1v) is 30.1. The van der Waals surface area contributed by atoms with E-state index in [1.54, 1.807) is 0 Å². The van der Waals surface area contributed by atoms with Crippen LogP contribution in [0.25, 0.3) is 0 Å². The maximum absolute atomic E-state index is 12.9. The molecular formula is C64H113NO8. The van der Waals surface area contributed by atoms with Crippen molar-refractivity contribution >= 4 is 17.9 Å². The summed E-state index contributed by atoms with van der Waals surface area (Å²) in [5.41, 5.74) is 0. The van der Waals surface area contributed by atoms with E-state index in [0.29, 0.717) is 17.4 Å². The molecule has 2 atom stereocenters. The SMILES string of the molecule is CC/C=C\C/C=C\C/C=C\C/C=C\C/C=C\CCCCCCCCCCCCCC(=O)OC(COC(=O)CCCCCCCCCCC/C=C\CCCCCCCCCC)COC(OCC[N+](C)(C)C)C(=O)[O-]. The number of carbonyl (C=O) groups excluding carboxylic acids is 3. The summed E-state index contributed by atoms with van der Waals surface area (Å²) in [6, 6.07) is 0. The molecule has 9 nitrogen and oxygen atoms in total. The molecule has 0 heterocycles. The Labute approximate surface area is 449 Å². The van der Waals surface area contributed by atoms with Crippen LogP contribution in [0.2, 0.25) is 0 Å². The monoisotopic (exact) mass is 1020 g/mol. The quantitative estimate of drug-likeness (QED) is 0.0195. The minimum absolute atomic E-state index is 0.145. The highest BCUT2D eigenvalue weighted by molar-refractivity contribution is 5.70. The third-order valence-corrected chi connectivity index (χ3v) is 12.9. The van der Waals surface area contributed by atoms with Crippen LogP contribution >= 0.6 is 0 Å². The Balaban J connectivity index is 4.23. The summed E-state index contributed by atoms with van der Waals surface area (Å²) in [5.74, 6) is -2.28. The number of hydrogen-bond acceptors (Lipinski definition) is 8. The molecule has 0 fully saturated rings. The molecule has 0 aliphatic carbocycles. The predicted molar refractivity (Wildman–Crippen MR) is 306 cm³/mol. The Morgan fingerprint density at radius 3 is 1.18 bits per heavy atom. The van der Waals surface area contributed by atoms with E-state index in [9.17, 15) is 19.5 Å². The summed E-state index contributed by atoms with van der Waals surface area (Å²) in [6.07, 6.45) is 68.0. The topological polar surface area (TPSA) is 111 Å². The Morgan fingerprint density at radius 1 is 0.425 bits per heavy atom. The van der Waals surface area contributed by atoms with E-state index in [2.05, 4.69) is 86.8 Å². The van der Waals surface area contributed by atoms with Gasteiger partial charge in [0, 0.05) is 12.8 Å². The smallest absolute Gasteiger partial charge is 0.306 e. The summed E-state index contributed by atoms with van der Waals surface area (Å²) >= 11 is 0. The number of quaternary nitrogens is 1. The van der Waals surface area contributed by atoms with Gasteiger partial charge in [-0.1, -0.05) is 234 Å². The van der Waals surface area contributed by atoms with Crippen molar-refractivity contribution in [1.82, 2.24) is 0 Å². The summed E-state index contributed by atoms with van der Waals surface area (Å²) in [6.45, 7) is 4.65. The van der Waals surface area contributed by atoms with Gasteiger partial charge in [0.1, 0.15) is 13.2 Å². The van der Waals surface area contributed by atoms with Crippen LogP contribution < -0.4 is 5.11 Å². The van der Waals surface area contributed by atoms with Crippen molar-refractivity contribution in [3.63, 3.8) is 0 Å². The molecule has 0 amide bonds. The first-order valence-electron chi connectivity index (χ1n) is 30.1. The van der Waals surface area contributed by atoms with E-state index in [1.165, 1.54) is 148 Å². The number of carboxylic acids is 1. The molecule has 2 unspecified atom stereocenters. The van der Waals surface area contributed by atoms with Gasteiger partial charge in [0.05, 0.1) is 40.3 Å². The highest BCUT2D eigenvalue weighted by atomic mass is 16.7. The van der Waals surface area contributed by atoms with Crippen LogP contribution in [0.15, 0.2) is 72.9 Å². The van der Waals surface area contributed by atoms with E-state index in [4.69, 9.17) is 18.9 Å². The van der Waals surface area contributed by atoms with Crippen LogP contribution in [0.4, 0.5) is 0 Å². The van der Waals surface area contributed by atoms with E-state index in [-0.39, 0.29) is 38.6 Å². The fourth-order valence-electron chi connectivity index (χ4n) is 8.32. The maximum Gasteiger partial charge on any atom is 0.306 e. The molecule has 0 spiro atoms. The van der Waals surface area contributed by atoms with Gasteiger partial charge >= 0.3 is 11.9 Å². The van der Waals surface area contributed by atoms with Crippen molar-refractivity contribution < 1.29 is 42.9 Å². The zero-order valence-electron chi connectivity index (χ0n) is 48.0. The van der Waals surface area contributed by atoms with Crippen molar-refractivity contribution in [2.75, 3.05) is 47.5 Å². The normalized spacial score (nSPS) is 13.3. The fourth-order valence-corrected chi connectivity index (χ4v) is 8.32. The van der Waals surface area contributed by atoms with Gasteiger partial charge in [-0.2, -0.15) is 0 Å². The molecule has 0 saturated carbocycles. The van der Waals surface area contributed by atoms with Crippen LogP contribution in [0.5, 0.6) is 0 Å². The second-order valence-corrected chi connectivity index (χ2v) is 21.3. The molecule has 73 heavy (non-hydrogen) atoms. The minimum Gasteiger partial charge on any atom is -0.545 e. The average molecular weight is 1020 g/mol. The lowest BCUT2D eigenvalue weighted by Crippen LogP contribution is -2.44. The molecule has 0 bridgehead atoms. The molecule has 422 valence electrons. The van der Waals surface area contributed by atoms with Crippen molar-refractivity contribution in [2.45, 2.75) is 270 Å². The first-order chi connectivity index (χ1) is 35.6. The summed E-state index contributed by atoms with van der Waals surface area (Å²) in [4.78, 5) is 37.3. The largest absolute Gasteiger partial charge is 0.545 e. The van der Waals surface area contributed by atoms with Gasteiger partial charge in [-0.15, -0.1) is 0 Å². The van der Waals surface area contributed by atoms with Crippen LogP contribution in [-0.2, 0) is 33.3 Å². The lowest BCUT2D eigenvalue weighted by Gasteiger charge is -2.26.